The van der Waals surface area contributed by atoms with Crippen molar-refractivity contribution >= 4 is 0 Å². The normalized spacial score (nSPS) is 17.0. The van der Waals surface area contributed by atoms with E-state index in [4.69, 9.17) is 18.9 Å². The molecule has 0 spiro atoms. The third-order valence-corrected chi connectivity index (χ3v) is 8.10. The maximum atomic E-state index is 11.7. The lowest BCUT2D eigenvalue weighted by atomic mass is 9.77. The maximum absolute atomic E-state index is 11.7. The van der Waals surface area contributed by atoms with E-state index in [2.05, 4.69) is 0 Å². The van der Waals surface area contributed by atoms with Crippen molar-refractivity contribution < 1.29 is 44.5 Å². The number of phenols is 3. The summed E-state index contributed by atoms with van der Waals surface area (Å²) in [6.07, 6.45) is 0.0497. The first-order valence-corrected chi connectivity index (χ1v) is 13.6. The fourth-order valence-corrected chi connectivity index (χ4v) is 6.06. The van der Waals surface area contributed by atoms with E-state index in [0.29, 0.717) is 46.6 Å². The number of hydrogen-bond donors (Lipinski definition) is 5. The predicted molar refractivity (Wildman–Crippen MR) is 154 cm³/mol. The maximum Gasteiger partial charge on any atom is 0.200 e. The van der Waals surface area contributed by atoms with Crippen molar-refractivity contribution in [2.45, 2.75) is 38.1 Å². The number of ether oxygens (including phenoxy) is 4. The SMILES string of the molecule is COc1cc([C@H]2COc3cc(O)c4c(c3[C@H]2O)CCc2c(OCc3cccc(CO)c3)cc(O)cc2-4)cc(OC)c1O. The Morgan fingerprint density at radius 1 is 0.857 bits per heavy atom. The van der Waals surface area contributed by atoms with Gasteiger partial charge < -0.3 is 44.5 Å². The lowest BCUT2D eigenvalue weighted by Gasteiger charge is -2.35. The van der Waals surface area contributed by atoms with Gasteiger partial charge in [0, 0.05) is 34.7 Å². The minimum absolute atomic E-state index is 0.0178. The Labute approximate surface area is 242 Å². The zero-order valence-electron chi connectivity index (χ0n) is 23.3. The molecular formula is C33H32O9. The van der Waals surface area contributed by atoms with Crippen LogP contribution >= 0.6 is 0 Å². The first-order chi connectivity index (χ1) is 20.3. The second kappa shape index (κ2) is 11.0. The van der Waals surface area contributed by atoms with Gasteiger partial charge >= 0.3 is 0 Å². The summed E-state index contributed by atoms with van der Waals surface area (Å²) in [4.78, 5) is 0. The minimum atomic E-state index is -0.990. The molecule has 9 nitrogen and oxygen atoms in total. The van der Waals surface area contributed by atoms with Gasteiger partial charge in [-0.1, -0.05) is 24.3 Å². The van der Waals surface area contributed by atoms with Gasteiger partial charge in [-0.15, -0.1) is 0 Å². The highest BCUT2D eigenvalue weighted by Crippen LogP contribution is 2.53. The van der Waals surface area contributed by atoms with Crippen LogP contribution in [-0.4, -0.2) is 46.4 Å². The number of fused-ring (bicyclic) bond motifs is 5. The second-order valence-corrected chi connectivity index (χ2v) is 10.5. The van der Waals surface area contributed by atoms with Gasteiger partial charge in [0.1, 0.15) is 29.6 Å². The molecule has 0 radical (unpaired) electrons. The Kier molecular flexibility index (Phi) is 7.22. The van der Waals surface area contributed by atoms with Gasteiger partial charge in [-0.25, -0.2) is 0 Å². The molecule has 0 unspecified atom stereocenters. The van der Waals surface area contributed by atoms with Gasteiger partial charge in [0.25, 0.3) is 0 Å². The zero-order valence-corrected chi connectivity index (χ0v) is 23.3. The third-order valence-electron chi connectivity index (χ3n) is 8.10. The molecule has 2 atom stereocenters. The second-order valence-electron chi connectivity index (χ2n) is 10.5. The molecule has 2 aliphatic rings. The molecule has 42 heavy (non-hydrogen) atoms. The molecule has 4 aromatic carbocycles. The average molecular weight is 573 g/mol. The van der Waals surface area contributed by atoms with Gasteiger partial charge in [0.05, 0.1) is 33.5 Å². The van der Waals surface area contributed by atoms with Crippen molar-refractivity contribution in [1.82, 2.24) is 0 Å². The lowest BCUT2D eigenvalue weighted by Crippen LogP contribution is -2.26. The van der Waals surface area contributed by atoms with E-state index in [9.17, 15) is 25.5 Å². The number of aliphatic hydroxyl groups excluding tert-OH is 2. The summed E-state index contributed by atoms with van der Waals surface area (Å²) in [5.74, 6) is 0.662. The van der Waals surface area contributed by atoms with Crippen LogP contribution in [0.1, 0.15) is 45.4 Å². The highest BCUT2D eigenvalue weighted by atomic mass is 16.5. The van der Waals surface area contributed by atoms with Crippen molar-refractivity contribution in [1.29, 1.82) is 0 Å². The molecule has 218 valence electrons. The summed E-state index contributed by atoms with van der Waals surface area (Å²) < 4.78 is 22.9. The minimum Gasteiger partial charge on any atom is -0.508 e. The van der Waals surface area contributed by atoms with Gasteiger partial charge in [-0.2, -0.15) is 0 Å². The summed E-state index contributed by atoms with van der Waals surface area (Å²) in [6.45, 7) is 0.302. The Morgan fingerprint density at radius 2 is 1.57 bits per heavy atom. The molecule has 1 aliphatic heterocycles. The molecule has 0 amide bonds. The summed E-state index contributed by atoms with van der Waals surface area (Å²) in [6, 6.07) is 15.4. The van der Waals surface area contributed by atoms with Crippen LogP contribution in [0.3, 0.4) is 0 Å². The summed E-state index contributed by atoms with van der Waals surface area (Å²) >= 11 is 0. The first-order valence-electron chi connectivity index (χ1n) is 13.6. The van der Waals surface area contributed by atoms with Crippen molar-refractivity contribution in [2.24, 2.45) is 0 Å². The van der Waals surface area contributed by atoms with E-state index in [-0.39, 0.29) is 48.6 Å². The van der Waals surface area contributed by atoms with Crippen molar-refractivity contribution in [3.05, 3.63) is 88.0 Å². The quantitative estimate of drug-likeness (QED) is 0.210. The monoisotopic (exact) mass is 572 g/mol. The average Bonchev–Trinajstić information content (AvgIpc) is 2.99. The summed E-state index contributed by atoms with van der Waals surface area (Å²) in [7, 11) is 2.88. The molecule has 0 aromatic heterocycles. The van der Waals surface area contributed by atoms with Crippen LogP contribution in [-0.2, 0) is 26.1 Å². The van der Waals surface area contributed by atoms with Crippen LogP contribution in [0.15, 0.2) is 54.6 Å². The molecule has 0 saturated carbocycles. The number of rotatable bonds is 7. The van der Waals surface area contributed by atoms with E-state index in [1.165, 1.54) is 20.3 Å². The number of phenolic OH excluding ortho intramolecular Hbond substituents is 3. The topological polar surface area (TPSA) is 138 Å². The third kappa shape index (κ3) is 4.70. The Morgan fingerprint density at radius 3 is 2.29 bits per heavy atom. The van der Waals surface area contributed by atoms with E-state index in [0.717, 1.165) is 22.3 Å². The highest BCUT2D eigenvalue weighted by Gasteiger charge is 2.37. The number of methoxy groups -OCH3 is 2. The van der Waals surface area contributed by atoms with E-state index < -0.39 is 12.0 Å². The Balaban J connectivity index is 1.39. The van der Waals surface area contributed by atoms with Crippen LogP contribution in [0.4, 0.5) is 0 Å². The highest BCUT2D eigenvalue weighted by molar-refractivity contribution is 5.83. The molecule has 9 heteroatoms. The molecular weight excluding hydrogens is 540 g/mol. The molecule has 6 rings (SSSR count). The van der Waals surface area contributed by atoms with Gasteiger partial charge in [0.15, 0.2) is 11.5 Å². The Bertz CT molecular complexity index is 1640. The van der Waals surface area contributed by atoms with Crippen molar-refractivity contribution in [3.63, 3.8) is 0 Å². The largest absolute Gasteiger partial charge is 0.508 e. The number of hydrogen-bond acceptors (Lipinski definition) is 9. The first kappa shape index (κ1) is 27.6. The molecule has 0 fully saturated rings. The molecule has 1 heterocycles. The summed E-state index contributed by atoms with van der Waals surface area (Å²) in [5.41, 5.74) is 5.60. The smallest absolute Gasteiger partial charge is 0.200 e. The number of benzene rings is 4. The molecule has 4 aromatic rings. The summed E-state index contributed by atoms with van der Waals surface area (Å²) in [5, 5.41) is 53.4. The van der Waals surface area contributed by atoms with Crippen molar-refractivity contribution in [2.75, 3.05) is 20.8 Å². The van der Waals surface area contributed by atoms with Gasteiger partial charge in [-0.05, 0) is 58.9 Å². The van der Waals surface area contributed by atoms with E-state index >= 15 is 0 Å². The number of aromatic hydroxyl groups is 3. The van der Waals surface area contributed by atoms with Crippen LogP contribution < -0.4 is 18.9 Å². The molecule has 0 bridgehead atoms. The fraction of sp³-hybridized carbons (Fsp3) is 0.273. The lowest BCUT2D eigenvalue weighted by molar-refractivity contribution is 0.0875. The number of aliphatic hydroxyl groups is 2. The van der Waals surface area contributed by atoms with Crippen LogP contribution in [0, 0.1) is 0 Å². The molecule has 5 N–H and O–H groups in total. The van der Waals surface area contributed by atoms with Gasteiger partial charge in [0.2, 0.25) is 5.75 Å². The Hall–Kier alpha value is -4.60. The zero-order chi connectivity index (χ0) is 29.5. The van der Waals surface area contributed by atoms with E-state index in [1.54, 1.807) is 24.3 Å². The van der Waals surface area contributed by atoms with Crippen molar-refractivity contribution in [3.8, 4) is 51.4 Å². The van der Waals surface area contributed by atoms with Crippen LogP contribution in [0.25, 0.3) is 11.1 Å². The predicted octanol–water partition coefficient (Wildman–Crippen LogP) is 4.87. The standard InChI is InChI=1S/C33H32O9/c1-39-28-9-19(10-29(40-2)33(28)38)24-16-42-27-13-25(36)30-22(31(27)32(24)37)7-6-21-23(30)11-20(35)12-26(21)41-15-18-5-3-4-17(8-18)14-34/h3-5,8-13,24,32,34-38H,6-7,14-16H2,1-2H3/t24-,32+/m1/s1. The van der Waals surface area contributed by atoms with E-state index in [1.807, 2.05) is 24.3 Å². The van der Waals surface area contributed by atoms with Crippen LogP contribution in [0.5, 0.6) is 40.2 Å². The molecule has 1 aliphatic carbocycles. The van der Waals surface area contributed by atoms with Crippen LogP contribution in [0.2, 0.25) is 0 Å². The molecule has 0 saturated heterocycles. The van der Waals surface area contributed by atoms with Gasteiger partial charge in [-0.3, -0.25) is 0 Å². The fourth-order valence-electron chi connectivity index (χ4n) is 6.06.